The summed E-state index contributed by atoms with van der Waals surface area (Å²) in [6.45, 7) is 9.30. The molecule has 1 atom stereocenters. The van der Waals surface area contributed by atoms with Crippen molar-refractivity contribution in [1.29, 1.82) is 0 Å². The van der Waals surface area contributed by atoms with Crippen LogP contribution in [0, 0.1) is 13.8 Å². The van der Waals surface area contributed by atoms with Crippen LogP contribution in [-0.2, 0) is 22.5 Å². The molecule has 0 spiro atoms. The molecule has 8 nitrogen and oxygen atoms in total. The van der Waals surface area contributed by atoms with Crippen molar-refractivity contribution in [2.45, 2.75) is 45.8 Å². The van der Waals surface area contributed by atoms with Crippen LogP contribution in [0.1, 0.15) is 29.7 Å². The van der Waals surface area contributed by atoms with Crippen LogP contribution < -0.4 is 10.9 Å². The van der Waals surface area contributed by atoms with Crippen molar-refractivity contribution in [3.8, 4) is 11.4 Å². The average Bonchev–Trinajstić information content (AvgIpc) is 3.43. The molecule has 0 aliphatic carbocycles. The van der Waals surface area contributed by atoms with E-state index in [2.05, 4.69) is 22.0 Å². The quantitative estimate of drug-likeness (QED) is 0.591. The SMILES string of the molecule is C=CCn1c(C)c(CC(=O)NC[C@@H]2CCCO2)c(=O)n2nc(-c3ccc(C)cc3)nc12. The number of benzene rings is 1. The molecule has 3 heterocycles. The van der Waals surface area contributed by atoms with Gasteiger partial charge in [0.25, 0.3) is 5.56 Å². The Hall–Kier alpha value is -3.26. The lowest BCUT2D eigenvalue weighted by molar-refractivity contribution is -0.121. The lowest BCUT2D eigenvalue weighted by atomic mass is 10.1. The third-order valence-electron chi connectivity index (χ3n) is 5.63. The molecule has 31 heavy (non-hydrogen) atoms. The molecule has 162 valence electrons. The smallest absolute Gasteiger partial charge is 0.279 e. The van der Waals surface area contributed by atoms with Crippen molar-refractivity contribution in [3.05, 3.63) is 64.1 Å². The summed E-state index contributed by atoms with van der Waals surface area (Å²) in [5.74, 6) is 0.690. The van der Waals surface area contributed by atoms with Crippen molar-refractivity contribution in [2.24, 2.45) is 0 Å². The number of nitrogens with zero attached hydrogens (tertiary/aromatic N) is 4. The van der Waals surface area contributed by atoms with Gasteiger partial charge < -0.3 is 14.6 Å². The van der Waals surface area contributed by atoms with Crippen molar-refractivity contribution >= 4 is 11.7 Å². The Labute approximate surface area is 180 Å². The number of rotatable bonds is 7. The number of allylic oxidation sites excluding steroid dienone is 1. The summed E-state index contributed by atoms with van der Waals surface area (Å²) in [5.41, 5.74) is 2.72. The molecular formula is C23H27N5O3. The first kappa shape index (κ1) is 21.0. The molecule has 0 radical (unpaired) electrons. The summed E-state index contributed by atoms with van der Waals surface area (Å²) in [4.78, 5) is 30.4. The van der Waals surface area contributed by atoms with E-state index in [0.29, 0.717) is 35.9 Å². The Morgan fingerprint density at radius 2 is 2.10 bits per heavy atom. The third-order valence-corrected chi connectivity index (χ3v) is 5.63. The molecule has 4 rings (SSSR count). The van der Waals surface area contributed by atoms with Crippen LogP contribution in [0.3, 0.4) is 0 Å². The van der Waals surface area contributed by atoms with Crippen LogP contribution in [0.15, 0.2) is 41.7 Å². The summed E-state index contributed by atoms with van der Waals surface area (Å²) < 4.78 is 8.70. The number of carbonyl (C=O) groups excluding carboxylic acids is 1. The monoisotopic (exact) mass is 421 g/mol. The van der Waals surface area contributed by atoms with E-state index in [-0.39, 0.29) is 24.0 Å². The number of aryl methyl sites for hydroxylation is 1. The van der Waals surface area contributed by atoms with Gasteiger partial charge in [-0.05, 0) is 26.7 Å². The number of hydrogen-bond donors (Lipinski definition) is 1. The summed E-state index contributed by atoms with van der Waals surface area (Å²) in [6, 6.07) is 7.81. The van der Waals surface area contributed by atoms with Crippen molar-refractivity contribution in [1.82, 2.24) is 24.5 Å². The van der Waals surface area contributed by atoms with Gasteiger partial charge in [0.15, 0.2) is 5.82 Å². The number of fused-ring (bicyclic) bond motifs is 1. The summed E-state index contributed by atoms with van der Waals surface area (Å²) in [6.07, 6.45) is 3.72. The molecule has 1 fully saturated rings. The Balaban J connectivity index is 1.69. The van der Waals surface area contributed by atoms with Crippen LogP contribution in [0.5, 0.6) is 0 Å². The van der Waals surface area contributed by atoms with Gasteiger partial charge in [0.1, 0.15) is 0 Å². The van der Waals surface area contributed by atoms with E-state index in [9.17, 15) is 9.59 Å². The normalized spacial score (nSPS) is 16.0. The van der Waals surface area contributed by atoms with Crippen molar-refractivity contribution in [2.75, 3.05) is 13.2 Å². The second kappa shape index (κ2) is 8.85. The van der Waals surface area contributed by atoms with Crippen LogP contribution >= 0.6 is 0 Å². The minimum absolute atomic E-state index is 0.0236. The highest BCUT2D eigenvalue weighted by molar-refractivity contribution is 5.78. The zero-order valence-electron chi connectivity index (χ0n) is 17.9. The van der Waals surface area contributed by atoms with Gasteiger partial charge in [-0.2, -0.15) is 9.50 Å². The summed E-state index contributed by atoms with van der Waals surface area (Å²) in [5, 5.41) is 7.35. The molecule has 1 amide bonds. The lowest BCUT2D eigenvalue weighted by Gasteiger charge is -2.15. The average molecular weight is 422 g/mol. The summed E-state index contributed by atoms with van der Waals surface area (Å²) >= 11 is 0. The fourth-order valence-electron chi connectivity index (χ4n) is 3.84. The second-order valence-corrected chi connectivity index (χ2v) is 7.90. The summed E-state index contributed by atoms with van der Waals surface area (Å²) in [7, 11) is 0. The molecule has 1 aliphatic heterocycles. The maximum atomic E-state index is 13.2. The number of ether oxygens (including phenoxy) is 1. The van der Waals surface area contributed by atoms with Crippen LogP contribution in [0.25, 0.3) is 17.2 Å². The topological polar surface area (TPSA) is 90.5 Å². The third kappa shape index (κ3) is 4.29. The van der Waals surface area contributed by atoms with Gasteiger partial charge in [-0.15, -0.1) is 11.7 Å². The highest BCUT2D eigenvalue weighted by Gasteiger charge is 2.21. The fourth-order valence-corrected chi connectivity index (χ4v) is 3.84. The molecule has 2 aromatic heterocycles. The first-order valence-corrected chi connectivity index (χ1v) is 10.5. The highest BCUT2D eigenvalue weighted by Crippen LogP contribution is 2.18. The Morgan fingerprint density at radius 1 is 1.32 bits per heavy atom. The fraction of sp³-hybridized carbons (Fsp3) is 0.391. The molecule has 1 aliphatic rings. The first-order valence-electron chi connectivity index (χ1n) is 10.5. The predicted octanol–water partition coefficient (Wildman–Crippen LogP) is 2.20. The van der Waals surface area contributed by atoms with E-state index in [1.54, 1.807) is 6.08 Å². The number of amides is 1. The Bertz CT molecular complexity index is 1170. The molecule has 1 N–H and O–H groups in total. The van der Waals surface area contributed by atoms with E-state index >= 15 is 0 Å². The maximum absolute atomic E-state index is 13.2. The van der Waals surface area contributed by atoms with E-state index < -0.39 is 0 Å². The zero-order chi connectivity index (χ0) is 22.0. The van der Waals surface area contributed by atoms with Gasteiger partial charge in [-0.3, -0.25) is 9.59 Å². The molecule has 1 saturated heterocycles. The van der Waals surface area contributed by atoms with Gasteiger partial charge in [0.2, 0.25) is 11.7 Å². The van der Waals surface area contributed by atoms with Gasteiger partial charge in [0.05, 0.1) is 12.5 Å². The largest absolute Gasteiger partial charge is 0.376 e. The van der Waals surface area contributed by atoms with Crippen molar-refractivity contribution < 1.29 is 9.53 Å². The lowest BCUT2D eigenvalue weighted by Crippen LogP contribution is -2.35. The van der Waals surface area contributed by atoms with Gasteiger partial charge in [-0.25, -0.2) is 0 Å². The predicted molar refractivity (Wildman–Crippen MR) is 118 cm³/mol. The number of hydrogen-bond acceptors (Lipinski definition) is 5. The molecule has 0 unspecified atom stereocenters. The van der Waals surface area contributed by atoms with Crippen LogP contribution in [0.4, 0.5) is 0 Å². The molecule has 3 aromatic rings. The van der Waals surface area contributed by atoms with Crippen LogP contribution in [0.2, 0.25) is 0 Å². The van der Waals surface area contributed by atoms with E-state index in [1.807, 2.05) is 42.7 Å². The standard InChI is InChI=1S/C23H27N5O3/c1-4-11-27-16(3)19(13-20(29)24-14-18-6-5-12-31-18)22(30)28-23(27)25-21(26-28)17-9-7-15(2)8-10-17/h4,7-10,18H,1,5-6,11-14H2,2-3H3,(H,24,29)/t18-/m0/s1. The zero-order valence-corrected chi connectivity index (χ0v) is 17.9. The number of carbonyl (C=O) groups is 1. The molecule has 8 heteroatoms. The Kier molecular flexibility index (Phi) is 5.99. The van der Waals surface area contributed by atoms with Gasteiger partial charge >= 0.3 is 0 Å². The second-order valence-electron chi connectivity index (χ2n) is 7.90. The van der Waals surface area contributed by atoms with E-state index in [4.69, 9.17) is 4.74 Å². The van der Waals surface area contributed by atoms with Gasteiger partial charge in [0, 0.05) is 36.5 Å². The van der Waals surface area contributed by atoms with Gasteiger partial charge in [-0.1, -0.05) is 35.9 Å². The molecule has 0 saturated carbocycles. The molecular weight excluding hydrogens is 394 g/mol. The first-order chi connectivity index (χ1) is 15.0. The Morgan fingerprint density at radius 3 is 2.77 bits per heavy atom. The van der Waals surface area contributed by atoms with Crippen molar-refractivity contribution in [3.63, 3.8) is 0 Å². The van der Waals surface area contributed by atoms with E-state index in [0.717, 1.165) is 30.6 Å². The van der Waals surface area contributed by atoms with E-state index in [1.165, 1.54) is 4.52 Å². The maximum Gasteiger partial charge on any atom is 0.279 e. The minimum atomic E-state index is -0.328. The minimum Gasteiger partial charge on any atom is -0.376 e. The van der Waals surface area contributed by atoms with Crippen LogP contribution in [-0.4, -0.2) is 44.3 Å². The molecule has 0 bridgehead atoms. The molecule has 1 aromatic carbocycles. The highest BCUT2D eigenvalue weighted by atomic mass is 16.5. The number of aromatic nitrogens is 4. The number of nitrogens with one attached hydrogen (secondary N) is 1.